The quantitative estimate of drug-likeness (QED) is 0.840. The predicted octanol–water partition coefficient (Wildman–Crippen LogP) is 3.70. The molecule has 0 unspecified atom stereocenters. The first-order valence-corrected chi connectivity index (χ1v) is 5.51. The molecule has 0 aliphatic rings. The van der Waals surface area contributed by atoms with Gasteiger partial charge in [0.15, 0.2) is 0 Å². The van der Waals surface area contributed by atoms with E-state index in [0.29, 0.717) is 16.5 Å². The minimum Gasteiger partial charge on any atom is -0.393 e. The molecule has 0 aliphatic carbocycles. The third-order valence-electron chi connectivity index (χ3n) is 2.12. The van der Waals surface area contributed by atoms with Crippen molar-refractivity contribution in [3.05, 3.63) is 33.8 Å². The number of hydrogen-bond donors (Lipinski definition) is 1. The van der Waals surface area contributed by atoms with E-state index < -0.39 is 0 Å². The molecule has 0 saturated heterocycles. The van der Waals surface area contributed by atoms with Crippen molar-refractivity contribution in [2.24, 2.45) is 0 Å². The molecule has 3 heteroatoms. The highest BCUT2D eigenvalue weighted by Gasteiger charge is 2.10. The highest BCUT2D eigenvalue weighted by Crippen LogP contribution is 2.26. The van der Waals surface area contributed by atoms with Crippen LogP contribution in [0.4, 0.5) is 0 Å². The number of halogens is 2. The maximum Gasteiger partial charge on any atom is 0.0581 e. The molecular formula is C11H14Cl2O. The molecule has 78 valence electrons. The third kappa shape index (κ3) is 3.16. The van der Waals surface area contributed by atoms with Gasteiger partial charge in [-0.25, -0.2) is 0 Å². The van der Waals surface area contributed by atoms with Crippen molar-refractivity contribution in [2.45, 2.75) is 32.3 Å². The van der Waals surface area contributed by atoms with Gasteiger partial charge in [0.1, 0.15) is 0 Å². The zero-order valence-corrected chi connectivity index (χ0v) is 9.65. The summed E-state index contributed by atoms with van der Waals surface area (Å²) < 4.78 is 0. The van der Waals surface area contributed by atoms with Crippen LogP contribution in [0.2, 0.25) is 10.0 Å². The molecule has 14 heavy (non-hydrogen) atoms. The molecular weight excluding hydrogens is 219 g/mol. The summed E-state index contributed by atoms with van der Waals surface area (Å²) in [5.41, 5.74) is 0.844. The molecule has 0 radical (unpaired) electrons. The van der Waals surface area contributed by atoms with Gasteiger partial charge in [-0.1, -0.05) is 42.6 Å². The number of aliphatic hydroxyl groups is 1. The Morgan fingerprint density at radius 2 is 1.86 bits per heavy atom. The maximum absolute atomic E-state index is 9.63. The van der Waals surface area contributed by atoms with Crippen molar-refractivity contribution in [3.8, 4) is 0 Å². The van der Waals surface area contributed by atoms with Crippen LogP contribution in [0.15, 0.2) is 18.2 Å². The predicted molar refractivity (Wildman–Crippen MR) is 61.1 cm³/mol. The summed E-state index contributed by atoms with van der Waals surface area (Å²) in [4.78, 5) is 0. The second-order valence-electron chi connectivity index (χ2n) is 3.35. The van der Waals surface area contributed by atoms with Crippen molar-refractivity contribution in [2.75, 3.05) is 0 Å². The Hall–Kier alpha value is -0.240. The molecule has 1 aromatic rings. The summed E-state index contributed by atoms with van der Waals surface area (Å²) in [6.45, 7) is 2.04. The minimum absolute atomic E-state index is 0.350. The van der Waals surface area contributed by atoms with Gasteiger partial charge >= 0.3 is 0 Å². The van der Waals surface area contributed by atoms with Crippen LogP contribution in [-0.2, 0) is 6.42 Å². The van der Waals surface area contributed by atoms with Crippen LogP contribution in [0.3, 0.4) is 0 Å². The molecule has 1 rings (SSSR count). The second-order valence-corrected chi connectivity index (χ2v) is 4.16. The number of hydrogen-bond acceptors (Lipinski definition) is 1. The Bertz CT molecular complexity index is 279. The fraction of sp³-hybridized carbons (Fsp3) is 0.455. The summed E-state index contributed by atoms with van der Waals surface area (Å²) in [5, 5.41) is 10.9. The molecule has 0 aromatic heterocycles. The van der Waals surface area contributed by atoms with Crippen LogP contribution in [0.1, 0.15) is 25.3 Å². The Balaban J connectivity index is 2.75. The number of rotatable bonds is 4. The van der Waals surface area contributed by atoms with Crippen LogP contribution in [0.25, 0.3) is 0 Å². The standard InChI is InChI=1S/C11H14Cl2O/c1-2-4-8(14)7-9-10(12)5-3-6-11(9)13/h3,5-6,8,14H,2,4,7H2,1H3/t8-/m1/s1. The van der Waals surface area contributed by atoms with Gasteiger partial charge < -0.3 is 5.11 Å². The van der Waals surface area contributed by atoms with E-state index in [0.717, 1.165) is 18.4 Å². The Morgan fingerprint density at radius 3 is 2.36 bits per heavy atom. The molecule has 0 saturated carbocycles. The maximum atomic E-state index is 9.63. The molecule has 1 nitrogen and oxygen atoms in total. The molecule has 1 N–H and O–H groups in total. The fourth-order valence-corrected chi connectivity index (χ4v) is 1.95. The first-order valence-electron chi connectivity index (χ1n) is 4.76. The van der Waals surface area contributed by atoms with Crippen molar-refractivity contribution in [1.29, 1.82) is 0 Å². The van der Waals surface area contributed by atoms with E-state index in [2.05, 4.69) is 0 Å². The van der Waals surface area contributed by atoms with Crippen LogP contribution < -0.4 is 0 Å². The molecule has 0 bridgehead atoms. The topological polar surface area (TPSA) is 20.2 Å². The normalized spacial score (nSPS) is 12.9. The zero-order chi connectivity index (χ0) is 10.6. The van der Waals surface area contributed by atoms with Gasteiger partial charge in [-0.2, -0.15) is 0 Å². The molecule has 0 fully saturated rings. The van der Waals surface area contributed by atoms with Gasteiger partial charge in [0.05, 0.1) is 6.10 Å². The van der Waals surface area contributed by atoms with E-state index in [4.69, 9.17) is 23.2 Å². The molecule has 1 aromatic carbocycles. The summed E-state index contributed by atoms with van der Waals surface area (Å²) in [6, 6.07) is 5.39. The minimum atomic E-state index is -0.350. The molecule has 1 atom stereocenters. The van der Waals surface area contributed by atoms with E-state index in [-0.39, 0.29) is 6.10 Å². The van der Waals surface area contributed by atoms with Gasteiger partial charge in [-0.15, -0.1) is 0 Å². The van der Waals surface area contributed by atoms with Crippen molar-refractivity contribution in [3.63, 3.8) is 0 Å². The first kappa shape index (κ1) is 11.8. The van der Waals surface area contributed by atoms with Crippen molar-refractivity contribution >= 4 is 23.2 Å². The van der Waals surface area contributed by atoms with Gasteiger partial charge in [0.2, 0.25) is 0 Å². The summed E-state index contributed by atoms with van der Waals surface area (Å²) in [7, 11) is 0. The van der Waals surface area contributed by atoms with E-state index in [1.165, 1.54) is 0 Å². The SMILES string of the molecule is CCC[C@@H](O)Cc1c(Cl)cccc1Cl. The van der Waals surface area contributed by atoms with Crippen LogP contribution in [0.5, 0.6) is 0 Å². The van der Waals surface area contributed by atoms with Crippen LogP contribution >= 0.6 is 23.2 Å². The van der Waals surface area contributed by atoms with E-state index in [9.17, 15) is 5.11 Å². The molecule has 0 amide bonds. The van der Waals surface area contributed by atoms with Crippen molar-refractivity contribution in [1.82, 2.24) is 0 Å². The highest BCUT2D eigenvalue weighted by atomic mass is 35.5. The summed E-state index contributed by atoms with van der Waals surface area (Å²) >= 11 is 12.0. The summed E-state index contributed by atoms with van der Waals surface area (Å²) in [6.07, 6.45) is 1.93. The average molecular weight is 233 g/mol. The molecule has 0 heterocycles. The first-order chi connectivity index (χ1) is 6.65. The van der Waals surface area contributed by atoms with E-state index in [1.54, 1.807) is 18.2 Å². The van der Waals surface area contributed by atoms with Gasteiger partial charge in [-0.05, 0) is 24.1 Å². The average Bonchev–Trinajstić information content (AvgIpc) is 2.12. The Morgan fingerprint density at radius 1 is 1.29 bits per heavy atom. The molecule has 0 spiro atoms. The number of aliphatic hydroxyl groups excluding tert-OH is 1. The van der Waals surface area contributed by atoms with E-state index >= 15 is 0 Å². The Labute approximate surface area is 94.7 Å². The monoisotopic (exact) mass is 232 g/mol. The van der Waals surface area contributed by atoms with Crippen LogP contribution in [-0.4, -0.2) is 11.2 Å². The lowest BCUT2D eigenvalue weighted by atomic mass is 10.0. The second kappa shape index (κ2) is 5.59. The van der Waals surface area contributed by atoms with Gasteiger partial charge in [0.25, 0.3) is 0 Å². The van der Waals surface area contributed by atoms with Gasteiger partial charge in [-0.3, -0.25) is 0 Å². The highest BCUT2D eigenvalue weighted by molar-refractivity contribution is 6.35. The number of benzene rings is 1. The van der Waals surface area contributed by atoms with Gasteiger partial charge in [0, 0.05) is 16.5 Å². The lowest BCUT2D eigenvalue weighted by molar-refractivity contribution is 0.164. The largest absolute Gasteiger partial charge is 0.393 e. The Kier molecular flexibility index (Phi) is 4.73. The third-order valence-corrected chi connectivity index (χ3v) is 2.83. The molecule has 0 aliphatic heterocycles. The summed E-state index contributed by atoms with van der Waals surface area (Å²) in [5.74, 6) is 0. The zero-order valence-electron chi connectivity index (χ0n) is 8.13. The lowest BCUT2D eigenvalue weighted by Gasteiger charge is -2.11. The van der Waals surface area contributed by atoms with E-state index in [1.807, 2.05) is 6.92 Å². The lowest BCUT2D eigenvalue weighted by Crippen LogP contribution is -2.10. The van der Waals surface area contributed by atoms with Crippen LogP contribution in [0, 0.1) is 0 Å². The fourth-order valence-electron chi connectivity index (χ4n) is 1.40. The van der Waals surface area contributed by atoms with Crippen molar-refractivity contribution < 1.29 is 5.11 Å². The smallest absolute Gasteiger partial charge is 0.0581 e.